The van der Waals surface area contributed by atoms with E-state index in [0.29, 0.717) is 39.1 Å². The van der Waals surface area contributed by atoms with E-state index in [9.17, 15) is 9.59 Å². The highest BCUT2D eigenvalue weighted by Crippen LogP contribution is 2.35. The van der Waals surface area contributed by atoms with E-state index in [1.54, 1.807) is 48.5 Å². The summed E-state index contributed by atoms with van der Waals surface area (Å²) in [5.41, 5.74) is 3.58. The quantitative estimate of drug-likeness (QED) is 0.154. The number of amides is 1. The van der Waals surface area contributed by atoms with Gasteiger partial charge in [-0.2, -0.15) is 5.10 Å². The van der Waals surface area contributed by atoms with Crippen LogP contribution in [0.3, 0.4) is 0 Å². The number of carbonyl (C=O) groups is 2. The SMILES string of the molecule is CCOc1ccc(C(=O)NN=Cc2cccc(OC(=O)c3sc4ccccc4c3Cl)c2)cc1. The number of benzene rings is 3. The van der Waals surface area contributed by atoms with Crippen LogP contribution >= 0.6 is 22.9 Å². The van der Waals surface area contributed by atoms with Gasteiger partial charge in [-0.3, -0.25) is 4.79 Å². The number of fused-ring (bicyclic) bond motifs is 1. The van der Waals surface area contributed by atoms with Crippen LogP contribution in [0.1, 0.15) is 32.5 Å². The zero-order valence-corrected chi connectivity index (χ0v) is 19.2. The van der Waals surface area contributed by atoms with Gasteiger partial charge >= 0.3 is 5.97 Å². The third kappa shape index (κ3) is 5.39. The van der Waals surface area contributed by atoms with Crippen molar-refractivity contribution in [3.63, 3.8) is 0 Å². The van der Waals surface area contributed by atoms with Gasteiger partial charge in [-0.05, 0) is 55.0 Å². The van der Waals surface area contributed by atoms with Crippen LogP contribution in [0.2, 0.25) is 5.02 Å². The summed E-state index contributed by atoms with van der Waals surface area (Å²) in [7, 11) is 0. The fourth-order valence-electron chi connectivity index (χ4n) is 3.06. The van der Waals surface area contributed by atoms with Crippen LogP contribution in [0, 0.1) is 0 Å². The third-order valence-electron chi connectivity index (χ3n) is 4.60. The smallest absolute Gasteiger partial charge is 0.355 e. The zero-order chi connectivity index (χ0) is 23.2. The largest absolute Gasteiger partial charge is 0.494 e. The first-order chi connectivity index (χ1) is 16.0. The number of esters is 1. The van der Waals surface area contributed by atoms with Crippen molar-refractivity contribution in [2.24, 2.45) is 5.10 Å². The predicted molar refractivity (Wildman–Crippen MR) is 131 cm³/mol. The van der Waals surface area contributed by atoms with Crippen molar-refractivity contribution in [3.8, 4) is 11.5 Å². The molecule has 8 heteroatoms. The van der Waals surface area contributed by atoms with Gasteiger partial charge in [-0.25, -0.2) is 10.2 Å². The number of nitrogens with one attached hydrogen (secondary N) is 1. The van der Waals surface area contributed by atoms with Crippen molar-refractivity contribution >= 4 is 51.1 Å². The number of ether oxygens (including phenoxy) is 2. The van der Waals surface area contributed by atoms with Crippen LogP contribution in [-0.2, 0) is 0 Å². The molecule has 4 aromatic rings. The molecule has 1 aromatic heterocycles. The van der Waals surface area contributed by atoms with Crippen molar-refractivity contribution < 1.29 is 19.1 Å². The number of halogens is 1. The maximum atomic E-state index is 12.6. The summed E-state index contributed by atoms with van der Waals surface area (Å²) in [5, 5.41) is 5.19. The first kappa shape index (κ1) is 22.5. The van der Waals surface area contributed by atoms with Gasteiger partial charge in [0.25, 0.3) is 5.91 Å². The Balaban J connectivity index is 1.40. The Morgan fingerprint density at radius 1 is 1.03 bits per heavy atom. The van der Waals surface area contributed by atoms with Gasteiger partial charge < -0.3 is 9.47 Å². The second kappa shape index (κ2) is 10.3. The summed E-state index contributed by atoms with van der Waals surface area (Å²) >= 11 is 7.65. The fraction of sp³-hybridized carbons (Fsp3) is 0.0800. The maximum absolute atomic E-state index is 12.6. The lowest BCUT2D eigenvalue weighted by atomic mass is 10.2. The summed E-state index contributed by atoms with van der Waals surface area (Å²) in [6.45, 7) is 2.45. The molecule has 0 atom stereocenters. The van der Waals surface area contributed by atoms with E-state index in [1.807, 2.05) is 31.2 Å². The highest BCUT2D eigenvalue weighted by atomic mass is 35.5. The summed E-state index contributed by atoms with van der Waals surface area (Å²) in [6, 6.07) is 21.1. The Morgan fingerprint density at radius 3 is 2.58 bits per heavy atom. The number of hydrogen-bond donors (Lipinski definition) is 1. The second-order valence-electron chi connectivity index (χ2n) is 6.86. The van der Waals surface area contributed by atoms with Crippen LogP contribution < -0.4 is 14.9 Å². The van der Waals surface area contributed by atoms with Gasteiger partial charge in [0.1, 0.15) is 16.4 Å². The van der Waals surface area contributed by atoms with Gasteiger partial charge in [0, 0.05) is 15.6 Å². The van der Waals surface area contributed by atoms with E-state index in [1.165, 1.54) is 17.6 Å². The van der Waals surface area contributed by atoms with E-state index < -0.39 is 5.97 Å². The molecular formula is C25H19ClN2O4S. The van der Waals surface area contributed by atoms with Crippen LogP contribution in [0.15, 0.2) is 77.9 Å². The number of thiophene rings is 1. The van der Waals surface area contributed by atoms with Crippen LogP contribution in [0.5, 0.6) is 11.5 Å². The van der Waals surface area contributed by atoms with E-state index in [0.717, 1.165) is 10.1 Å². The topological polar surface area (TPSA) is 77.0 Å². The number of rotatable bonds is 7. The Morgan fingerprint density at radius 2 is 1.82 bits per heavy atom. The van der Waals surface area contributed by atoms with Crippen molar-refractivity contribution in [2.45, 2.75) is 6.92 Å². The Hall–Kier alpha value is -3.68. The lowest BCUT2D eigenvalue weighted by Crippen LogP contribution is -2.17. The van der Waals surface area contributed by atoms with Gasteiger partial charge in [0.15, 0.2) is 0 Å². The average molecular weight is 479 g/mol. The molecule has 0 unspecified atom stereocenters. The highest BCUT2D eigenvalue weighted by Gasteiger charge is 2.19. The van der Waals surface area contributed by atoms with Gasteiger partial charge in [-0.1, -0.05) is 41.9 Å². The number of nitrogens with zero attached hydrogens (tertiary/aromatic N) is 1. The molecule has 0 aliphatic carbocycles. The average Bonchev–Trinajstić information content (AvgIpc) is 3.17. The summed E-state index contributed by atoms with van der Waals surface area (Å²) in [5.74, 6) is 0.159. The highest BCUT2D eigenvalue weighted by molar-refractivity contribution is 7.21. The Bertz CT molecular complexity index is 1330. The maximum Gasteiger partial charge on any atom is 0.355 e. The molecule has 0 saturated carbocycles. The predicted octanol–water partition coefficient (Wildman–Crippen LogP) is 5.94. The first-order valence-corrected chi connectivity index (χ1v) is 11.3. The molecule has 1 N–H and O–H groups in total. The lowest BCUT2D eigenvalue weighted by molar-refractivity contribution is 0.0740. The van der Waals surface area contributed by atoms with E-state index in [2.05, 4.69) is 10.5 Å². The van der Waals surface area contributed by atoms with Crippen LogP contribution in [-0.4, -0.2) is 24.7 Å². The lowest BCUT2D eigenvalue weighted by Gasteiger charge is -2.05. The summed E-state index contributed by atoms with van der Waals surface area (Å²) < 4.78 is 11.8. The standard InChI is InChI=1S/C25H19ClN2O4S/c1-2-31-18-12-10-17(11-13-18)24(29)28-27-15-16-6-5-7-19(14-16)32-25(30)23-22(26)20-8-3-4-9-21(20)33-23/h3-15H,2H2,1H3,(H,28,29). The molecule has 0 aliphatic heterocycles. The number of hydrogen-bond acceptors (Lipinski definition) is 6. The zero-order valence-electron chi connectivity index (χ0n) is 17.6. The first-order valence-electron chi connectivity index (χ1n) is 10.1. The summed E-state index contributed by atoms with van der Waals surface area (Å²) in [4.78, 5) is 25.2. The minimum atomic E-state index is -0.529. The third-order valence-corrected chi connectivity index (χ3v) is 6.25. The molecule has 6 nitrogen and oxygen atoms in total. The molecule has 166 valence electrons. The normalized spacial score (nSPS) is 11.0. The van der Waals surface area contributed by atoms with Crippen molar-refractivity contribution in [2.75, 3.05) is 6.61 Å². The van der Waals surface area contributed by atoms with Crippen molar-refractivity contribution in [1.82, 2.24) is 5.43 Å². The molecule has 0 saturated heterocycles. The molecule has 4 rings (SSSR count). The second-order valence-corrected chi connectivity index (χ2v) is 8.29. The Labute approximate surface area is 199 Å². The molecule has 0 spiro atoms. The molecule has 3 aromatic carbocycles. The molecule has 0 aliphatic rings. The molecular weight excluding hydrogens is 460 g/mol. The molecule has 1 amide bonds. The van der Waals surface area contributed by atoms with Crippen molar-refractivity contribution in [3.05, 3.63) is 93.8 Å². The molecule has 0 fully saturated rings. The van der Waals surface area contributed by atoms with Gasteiger partial charge in [0.2, 0.25) is 0 Å². The molecule has 0 bridgehead atoms. The molecule has 33 heavy (non-hydrogen) atoms. The van der Waals surface area contributed by atoms with Crippen molar-refractivity contribution in [1.29, 1.82) is 0 Å². The summed E-state index contributed by atoms with van der Waals surface area (Å²) in [6.07, 6.45) is 1.47. The van der Waals surface area contributed by atoms with E-state index in [4.69, 9.17) is 21.1 Å². The monoisotopic (exact) mass is 478 g/mol. The minimum absolute atomic E-state index is 0.343. The fourth-order valence-corrected chi connectivity index (χ4v) is 4.44. The minimum Gasteiger partial charge on any atom is -0.494 e. The molecule has 1 heterocycles. The van der Waals surface area contributed by atoms with Gasteiger partial charge in [-0.15, -0.1) is 11.3 Å². The number of hydrazone groups is 1. The number of carbonyl (C=O) groups excluding carboxylic acids is 2. The van der Waals surface area contributed by atoms with Gasteiger partial charge in [0.05, 0.1) is 17.8 Å². The van der Waals surface area contributed by atoms with Crippen LogP contribution in [0.25, 0.3) is 10.1 Å². The Kier molecular flexibility index (Phi) is 7.02. The van der Waals surface area contributed by atoms with E-state index in [-0.39, 0.29) is 5.91 Å². The molecule has 0 radical (unpaired) electrons. The van der Waals surface area contributed by atoms with E-state index >= 15 is 0 Å². The van der Waals surface area contributed by atoms with Crippen LogP contribution in [0.4, 0.5) is 0 Å².